The fraction of sp³-hybridized carbons (Fsp3) is 0.278. The summed E-state index contributed by atoms with van der Waals surface area (Å²) in [6.07, 6.45) is -4.16. The number of carbonyl (C=O) groups excluding carboxylic acids is 1. The van der Waals surface area contributed by atoms with Gasteiger partial charge in [-0.05, 0) is 42.7 Å². The van der Waals surface area contributed by atoms with Crippen molar-refractivity contribution >= 4 is 5.91 Å². The number of rotatable bonds is 4. The van der Waals surface area contributed by atoms with Crippen LogP contribution in [-0.2, 0) is 23.9 Å². The van der Waals surface area contributed by atoms with Crippen LogP contribution in [0, 0.1) is 13.8 Å². The molecule has 2 nitrogen and oxygen atoms in total. The lowest BCUT2D eigenvalue weighted by molar-refractivity contribution is -0.137. The molecule has 0 saturated heterocycles. The Balaban J connectivity index is 1.97. The van der Waals surface area contributed by atoms with Gasteiger partial charge in [-0.3, -0.25) is 4.79 Å². The van der Waals surface area contributed by atoms with Crippen LogP contribution in [-0.4, -0.2) is 5.91 Å². The van der Waals surface area contributed by atoms with Gasteiger partial charge in [0.2, 0.25) is 5.91 Å². The number of benzene rings is 2. The maximum atomic E-state index is 12.6. The summed E-state index contributed by atoms with van der Waals surface area (Å²) in [5, 5.41) is 2.66. The second kappa shape index (κ2) is 6.86. The summed E-state index contributed by atoms with van der Waals surface area (Å²) in [5.41, 5.74) is 2.78. The minimum Gasteiger partial charge on any atom is -0.352 e. The zero-order chi connectivity index (χ0) is 17.0. The van der Waals surface area contributed by atoms with E-state index in [-0.39, 0.29) is 18.9 Å². The van der Waals surface area contributed by atoms with Gasteiger partial charge in [0.1, 0.15) is 0 Å². The van der Waals surface area contributed by atoms with Crippen LogP contribution in [0.1, 0.15) is 27.8 Å². The summed E-state index contributed by atoms with van der Waals surface area (Å²) in [6, 6.07) is 10.8. The number of amides is 1. The molecule has 0 saturated carbocycles. The predicted octanol–water partition coefficient (Wildman–Crippen LogP) is 4.18. The molecule has 0 aromatic heterocycles. The van der Waals surface area contributed by atoms with E-state index < -0.39 is 11.7 Å². The molecule has 1 amide bonds. The lowest BCUT2D eigenvalue weighted by atomic mass is 10.0. The summed E-state index contributed by atoms with van der Waals surface area (Å²) in [5.74, 6) is -0.214. The van der Waals surface area contributed by atoms with Gasteiger partial charge in [0.05, 0.1) is 12.0 Å². The Morgan fingerprint density at radius 2 is 1.83 bits per heavy atom. The van der Waals surface area contributed by atoms with E-state index in [1.165, 1.54) is 6.07 Å². The number of carbonyl (C=O) groups is 1. The maximum absolute atomic E-state index is 12.6. The first-order chi connectivity index (χ1) is 10.8. The van der Waals surface area contributed by atoms with E-state index in [0.717, 1.165) is 28.8 Å². The van der Waals surface area contributed by atoms with Crippen molar-refractivity contribution in [3.05, 3.63) is 70.3 Å². The quantitative estimate of drug-likeness (QED) is 0.899. The predicted molar refractivity (Wildman–Crippen MR) is 82.9 cm³/mol. The van der Waals surface area contributed by atoms with Gasteiger partial charge < -0.3 is 5.32 Å². The first-order valence-electron chi connectivity index (χ1n) is 7.24. The van der Waals surface area contributed by atoms with Crippen LogP contribution < -0.4 is 5.32 Å². The fourth-order valence-electron chi connectivity index (χ4n) is 2.34. The highest BCUT2D eigenvalue weighted by Crippen LogP contribution is 2.29. The van der Waals surface area contributed by atoms with Gasteiger partial charge in [0.25, 0.3) is 0 Å². The highest BCUT2D eigenvalue weighted by molar-refractivity contribution is 5.78. The summed E-state index contributed by atoms with van der Waals surface area (Å²) in [6.45, 7) is 3.99. The fourth-order valence-corrected chi connectivity index (χ4v) is 2.34. The average Bonchev–Trinajstić information content (AvgIpc) is 2.47. The van der Waals surface area contributed by atoms with Crippen LogP contribution >= 0.6 is 0 Å². The van der Waals surface area contributed by atoms with Gasteiger partial charge in [-0.2, -0.15) is 13.2 Å². The molecule has 0 aliphatic carbocycles. The molecular formula is C18H18F3NO. The number of alkyl halides is 3. The molecule has 5 heteroatoms. The second-order valence-corrected chi connectivity index (χ2v) is 5.58. The van der Waals surface area contributed by atoms with E-state index in [0.29, 0.717) is 5.56 Å². The maximum Gasteiger partial charge on any atom is 0.416 e. The highest BCUT2D eigenvalue weighted by atomic mass is 19.4. The molecular weight excluding hydrogens is 303 g/mol. The largest absolute Gasteiger partial charge is 0.416 e. The van der Waals surface area contributed by atoms with Gasteiger partial charge in [0.15, 0.2) is 0 Å². The smallest absolute Gasteiger partial charge is 0.352 e. The Bertz CT molecular complexity index is 708. The average molecular weight is 321 g/mol. The molecule has 0 unspecified atom stereocenters. The summed E-state index contributed by atoms with van der Waals surface area (Å²) < 4.78 is 37.9. The van der Waals surface area contributed by atoms with Crippen molar-refractivity contribution in [3.63, 3.8) is 0 Å². The Morgan fingerprint density at radius 3 is 2.48 bits per heavy atom. The van der Waals surface area contributed by atoms with Gasteiger partial charge in [0, 0.05) is 6.54 Å². The monoisotopic (exact) mass is 321 g/mol. The van der Waals surface area contributed by atoms with Crippen LogP contribution in [0.2, 0.25) is 0 Å². The molecule has 0 aliphatic rings. The zero-order valence-corrected chi connectivity index (χ0v) is 13.0. The van der Waals surface area contributed by atoms with E-state index in [1.54, 1.807) is 6.07 Å². The van der Waals surface area contributed by atoms with Crippen LogP contribution in [0.15, 0.2) is 42.5 Å². The van der Waals surface area contributed by atoms with E-state index in [9.17, 15) is 18.0 Å². The van der Waals surface area contributed by atoms with Crippen molar-refractivity contribution in [2.24, 2.45) is 0 Å². The molecule has 2 aromatic carbocycles. The second-order valence-electron chi connectivity index (χ2n) is 5.58. The molecule has 0 aliphatic heterocycles. The summed E-state index contributed by atoms with van der Waals surface area (Å²) in [7, 11) is 0. The third kappa shape index (κ3) is 4.84. The van der Waals surface area contributed by atoms with Crippen molar-refractivity contribution in [1.29, 1.82) is 0 Å². The van der Waals surface area contributed by atoms with Crippen molar-refractivity contribution < 1.29 is 18.0 Å². The lowest BCUT2D eigenvalue weighted by Gasteiger charge is -2.10. The third-order valence-corrected chi connectivity index (χ3v) is 3.59. The van der Waals surface area contributed by atoms with E-state index in [4.69, 9.17) is 0 Å². The first-order valence-corrected chi connectivity index (χ1v) is 7.24. The topological polar surface area (TPSA) is 29.1 Å². The molecule has 2 aromatic rings. The number of aryl methyl sites for hydroxylation is 2. The van der Waals surface area contributed by atoms with Crippen molar-refractivity contribution in [2.75, 3.05) is 0 Å². The molecule has 0 radical (unpaired) electrons. The van der Waals surface area contributed by atoms with E-state index in [2.05, 4.69) is 5.32 Å². The molecule has 1 N–H and O–H groups in total. The van der Waals surface area contributed by atoms with Gasteiger partial charge in [-0.25, -0.2) is 0 Å². The minimum absolute atomic E-state index is 0.0770. The molecule has 0 fully saturated rings. The first kappa shape index (κ1) is 17.1. The minimum atomic E-state index is -4.38. The lowest BCUT2D eigenvalue weighted by Crippen LogP contribution is -2.25. The van der Waals surface area contributed by atoms with Crippen molar-refractivity contribution in [2.45, 2.75) is 33.0 Å². The molecule has 2 rings (SSSR count). The van der Waals surface area contributed by atoms with Crippen LogP contribution in [0.3, 0.4) is 0 Å². The number of hydrogen-bond donors (Lipinski definition) is 1. The summed E-state index contributed by atoms with van der Waals surface area (Å²) >= 11 is 0. The number of hydrogen-bond acceptors (Lipinski definition) is 1. The van der Waals surface area contributed by atoms with E-state index >= 15 is 0 Å². The Labute approximate surface area is 133 Å². The molecule has 0 bridgehead atoms. The van der Waals surface area contributed by atoms with Gasteiger partial charge in [-0.1, -0.05) is 35.9 Å². The van der Waals surface area contributed by atoms with Gasteiger partial charge in [-0.15, -0.1) is 0 Å². The van der Waals surface area contributed by atoms with Crippen LogP contribution in [0.5, 0.6) is 0 Å². The van der Waals surface area contributed by atoms with Crippen LogP contribution in [0.25, 0.3) is 0 Å². The molecule has 0 heterocycles. The van der Waals surface area contributed by atoms with Crippen molar-refractivity contribution in [3.8, 4) is 0 Å². The molecule has 23 heavy (non-hydrogen) atoms. The van der Waals surface area contributed by atoms with E-state index in [1.807, 2.05) is 32.0 Å². The molecule has 122 valence electrons. The molecule has 0 spiro atoms. The highest BCUT2D eigenvalue weighted by Gasteiger charge is 2.30. The Kier molecular flexibility index (Phi) is 5.08. The van der Waals surface area contributed by atoms with Crippen molar-refractivity contribution in [1.82, 2.24) is 5.32 Å². The summed E-state index contributed by atoms with van der Waals surface area (Å²) in [4.78, 5) is 12.0. The van der Waals surface area contributed by atoms with Gasteiger partial charge >= 0.3 is 6.18 Å². The zero-order valence-electron chi connectivity index (χ0n) is 13.0. The Morgan fingerprint density at radius 1 is 1.09 bits per heavy atom. The standard InChI is InChI=1S/C18H18F3NO/c1-12-6-7-15(13(2)8-12)10-17(23)22-11-14-4-3-5-16(9-14)18(19,20)21/h3-9H,10-11H2,1-2H3,(H,22,23). The third-order valence-electron chi connectivity index (χ3n) is 3.59. The number of nitrogens with one attached hydrogen (secondary N) is 1. The Hall–Kier alpha value is -2.30. The normalized spacial score (nSPS) is 11.3. The van der Waals surface area contributed by atoms with Crippen LogP contribution in [0.4, 0.5) is 13.2 Å². The SMILES string of the molecule is Cc1ccc(CC(=O)NCc2cccc(C(F)(F)F)c2)c(C)c1. The molecule has 0 atom stereocenters. The number of halogens is 3.